The van der Waals surface area contributed by atoms with Crippen molar-refractivity contribution in [2.75, 3.05) is 0 Å². The van der Waals surface area contributed by atoms with Gasteiger partial charge in [-0.1, -0.05) is 25.4 Å². The van der Waals surface area contributed by atoms with Crippen molar-refractivity contribution in [3.05, 3.63) is 28.5 Å². The average molecular weight is 183 g/mol. The Bertz CT molecular complexity index is 289. The first kappa shape index (κ1) is 10.9. The van der Waals surface area contributed by atoms with Gasteiger partial charge in [0.25, 0.3) is 0 Å². The van der Waals surface area contributed by atoms with Gasteiger partial charge in [-0.05, 0) is 13.0 Å². The van der Waals surface area contributed by atoms with Crippen molar-refractivity contribution in [2.45, 2.75) is 20.8 Å². The summed E-state index contributed by atoms with van der Waals surface area (Å²) in [5.74, 6) is 0. The molecule has 0 saturated heterocycles. The molecule has 0 aliphatic rings. The van der Waals surface area contributed by atoms with Crippen LogP contribution in [-0.4, -0.2) is 4.98 Å². The van der Waals surface area contributed by atoms with Crippen LogP contribution in [0, 0.1) is 18.3 Å². The number of hydrogen-bond acceptors (Lipinski definition) is 2. The molecule has 1 heterocycles. The number of pyridine rings is 1. The van der Waals surface area contributed by atoms with E-state index in [1.807, 2.05) is 19.9 Å². The van der Waals surface area contributed by atoms with Crippen molar-refractivity contribution < 1.29 is 0 Å². The Labute approximate surface area is 77.8 Å². The zero-order valence-electron chi connectivity index (χ0n) is 7.43. The van der Waals surface area contributed by atoms with E-state index in [9.17, 15) is 0 Å². The van der Waals surface area contributed by atoms with Gasteiger partial charge < -0.3 is 0 Å². The molecule has 0 fully saturated rings. The maximum Gasteiger partial charge on any atom is 0.101 e. The van der Waals surface area contributed by atoms with Crippen LogP contribution < -0.4 is 0 Å². The Balaban J connectivity index is 0.000000561. The van der Waals surface area contributed by atoms with E-state index in [4.69, 9.17) is 16.9 Å². The van der Waals surface area contributed by atoms with E-state index in [-0.39, 0.29) is 0 Å². The molecule has 3 heteroatoms. The molecule has 1 aromatic rings. The molecule has 0 N–H and O–H groups in total. The van der Waals surface area contributed by atoms with Crippen LogP contribution in [0.2, 0.25) is 5.02 Å². The van der Waals surface area contributed by atoms with E-state index in [0.29, 0.717) is 16.3 Å². The standard InChI is InChI=1S/C7H5ClN2.C2H6/c1-5-7(8)6(4-9)2-3-10-5;1-2/h2-3H,1H3;1-2H3. The molecule has 0 bridgehead atoms. The number of hydrogen-bond donors (Lipinski definition) is 0. The largest absolute Gasteiger partial charge is 0.260 e. The first-order valence-electron chi connectivity index (χ1n) is 3.77. The van der Waals surface area contributed by atoms with Crippen LogP contribution in [0.5, 0.6) is 0 Å². The topological polar surface area (TPSA) is 36.7 Å². The van der Waals surface area contributed by atoms with Crippen molar-refractivity contribution >= 4 is 11.6 Å². The molecule has 0 aliphatic carbocycles. The van der Waals surface area contributed by atoms with Crippen molar-refractivity contribution in [1.82, 2.24) is 4.98 Å². The smallest absolute Gasteiger partial charge is 0.101 e. The fourth-order valence-electron chi connectivity index (χ4n) is 0.635. The van der Waals surface area contributed by atoms with Crippen molar-refractivity contribution in [3.8, 4) is 6.07 Å². The summed E-state index contributed by atoms with van der Waals surface area (Å²) >= 11 is 5.71. The molecular weight excluding hydrogens is 172 g/mol. The molecule has 0 atom stereocenters. The fraction of sp³-hybridized carbons (Fsp3) is 0.333. The van der Waals surface area contributed by atoms with E-state index < -0.39 is 0 Å². The summed E-state index contributed by atoms with van der Waals surface area (Å²) in [6, 6.07) is 3.56. The summed E-state index contributed by atoms with van der Waals surface area (Å²) < 4.78 is 0. The Morgan fingerprint density at radius 3 is 2.50 bits per heavy atom. The van der Waals surface area contributed by atoms with Crippen molar-refractivity contribution in [1.29, 1.82) is 5.26 Å². The normalized spacial score (nSPS) is 7.92. The average Bonchev–Trinajstić information content (AvgIpc) is 2.13. The van der Waals surface area contributed by atoms with Crippen LogP contribution in [0.25, 0.3) is 0 Å². The second-order valence-electron chi connectivity index (χ2n) is 1.87. The van der Waals surface area contributed by atoms with Crippen LogP contribution in [0.15, 0.2) is 12.3 Å². The minimum absolute atomic E-state index is 0.449. The highest BCUT2D eigenvalue weighted by Gasteiger charge is 2.00. The molecule has 0 aliphatic heterocycles. The lowest BCUT2D eigenvalue weighted by atomic mass is 10.2. The third-order valence-electron chi connectivity index (χ3n) is 1.18. The lowest BCUT2D eigenvalue weighted by Gasteiger charge is -1.95. The molecule has 64 valence electrons. The molecule has 0 spiro atoms. The Hall–Kier alpha value is -1.07. The van der Waals surface area contributed by atoms with Crippen molar-refractivity contribution in [3.63, 3.8) is 0 Å². The first-order chi connectivity index (χ1) is 5.75. The summed E-state index contributed by atoms with van der Waals surface area (Å²) in [7, 11) is 0. The molecule has 0 radical (unpaired) electrons. The maximum atomic E-state index is 8.48. The Morgan fingerprint density at radius 1 is 1.50 bits per heavy atom. The van der Waals surface area contributed by atoms with Gasteiger partial charge in [-0.15, -0.1) is 0 Å². The highest BCUT2D eigenvalue weighted by molar-refractivity contribution is 6.32. The summed E-state index contributed by atoms with van der Waals surface area (Å²) in [6.45, 7) is 5.77. The van der Waals surface area contributed by atoms with Crippen LogP contribution >= 0.6 is 11.6 Å². The number of aromatic nitrogens is 1. The zero-order valence-corrected chi connectivity index (χ0v) is 8.18. The van der Waals surface area contributed by atoms with Gasteiger partial charge in [0.15, 0.2) is 0 Å². The molecule has 2 nitrogen and oxygen atoms in total. The number of nitrogens with zero attached hydrogens (tertiary/aromatic N) is 2. The summed E-state index contributed by atoms with van der Waals surface area (Å²) in [5.41, 5.74) is 1.18. The Kier molecular flexibility index (Phi) is 5.07. The molecule has 0 amide bonds. The van der Waals surface area contributed by atoms with Gasteiger partial charge in [-0.2, -0.15) is 5.26 Å². The quantitative estimate of drug-likeness (QED) is 0.619. The molecule has 1 rings (SSSR count). The minimum atomic E-state index is 0.449. The van der Waals surface area contributed by atoms with E-state index in [2.05, 4.69) is 4.98 Å². The summed E-state index contributed by atoms with van der Waals surface area (Å²) in [4.78, 5) is 3.90. The first-order valence-corrected chi connectivity index (χ1v) is 4.14. The van der Waals surface area contributed by atoms with Gasteiger partial charge in [0.1, 0.15) is 6.07 Å². The maximum absolute atomic E-state index is 8.48. The third kappa shape index (κ3) is 2.52. The van der Waals surface area contributed by atoms with Gasteiger partial charge in [-0.25, -0.2) is 0 Å². The zero-order chi connectivity index (χ0) is 9.56. The van der Waals surface area contributed by atoms with E-state index in [1.165, 1.54) is 0 Å². The number of nitriles is 1. The van der Waals surface area contributed by atoms with Gasteiger partial charge in [0.2, 0.25) is 0 Å². The van der Waals surface area contributed by atoms with Crippen LogP contribution in [0.4, 0.5) is 0 Å². The van der Waals surface area contributed by atoms with Gasteiger partial charge in [0, 0.05) is 6.20 Å². The van der Waals surface area contributed by atoms with E-state index in [1.54, 1.807) is 19.2 Å². The van der Waals surface area contributed by atoms with Crippen LogP contribution in [0.1, 0.15) is 25.1 Å². The molecule has 0 unspecified atom stereocenters. The number of halogens is 1. The van der Waals surface area contributed by atoms with E-state index in [0.717, 1.165) is 0 Å². The van der Waals surface area contributed by atoms with Gasteiger partial charge in [-0.3, -0.25) is 4.98 Å². The molecule has 0 aromatic carbocycles. The van der Waals surface area contributed by atoms with Crippen LogP contribution in [-0.2, 0) is 0 Å². The molecule has 1 aromatic heterocycles. The fourth-order valence-corrected chi connectivity index (χ4v) is 0.789. The monoisotopic (exact) mass is 182 g/mol. The lowest BCUT2D eigenvalue weighted by molar-refractivity contribution is 1.19. The molecular formula is C9H11ClN2. The van der Waals surface area contributed by atoms with Crippen LogP contribution in [0.3, 0.4) is 0 Å². The SMILES string of the molecule is CC.Cc1nccc(C#N)c1Cl. The third-order valence-corrected chi connectivity index (χ3v) is 1.66. The highest BCUT2D eigenvalue weighted by atomic mass is 35.5. The minimum Gasteiger partial charge on any atom is -0.260 e. The van der Waals surface area contributed by atoms with Crippen molar-refractivity contribution in [2.24, 2.45) is 0 Å². The second-order valence-corrected chi connectivity index (χ2v) is 2.25. The molecule has 12 heavy (non-hydrogen) atoms. The molecule has 0 saturated carbocycles. The lowest BCUT2D eigenvalue weighted by Crippen LogP contribution is -1.84. The second kappa shape index (κ2) is 5.56. The predicted molar refractivity (Wildman–Crippen MR) is 50.0 cm³/mol. The predicted octanol–water partition coefficient (Wildman–Crippen LogP) is 2.94. The summed E-state index contributed by atoms with van der Waals surface area (Å²) in [5, 5.41) is 8.93. The highest BCUT2D eigenvalue weighted by Crippen LogP contribution is 2.16. The number of aryl methyl sites for hydroxylation is 1. The van der Waals surface area contributed by atoms with Gasteiger partial charge >= 0.3 is 0 Å². The van der Waals surface area contributed by atoms with Gasteiger partial charge in [0.05, 0.1) is 16.3 Å². The number of rotatable bonds is 0. The summed E-state index contributed by atoms with van der Waals surface area (Å²) in [6.07, 6.45) is 1.57. The van der Waals surface area contributed by atoms with E-state index >= 15 is 0 Å². The Morgan fingerprint density at radius 2 is 2.08 bits per heavy atom.